The second-order valence-electron chi connectivity index (χ2n) is 6.03. The van der Waals surface area contributed by atoms with Crippen LogP contribution in [0.15, 0.2) is 33.9 Å². The second kappa shape index (κ2) is 7.37. The van der Waals surface area contributed by atoms with Crippen molar-refractivity contribution in [2.75, 3.05) is 19.7 Å². The molecular formula is C17H17F3N4O3. The van der Waals surface area contributed by atoms with Gasteiger partial charge in [-0.05, 0) is 19.4 Å². The van der Waals surface area contributed by atoms with Crippen LogP contribution in [0, 0.1) is 0 Å². The zero-order valence-corrected chi connectivity index (χ0v) is 14.7. The van der Waals surface area contributed by atoms with Crippen LogP contribution in [0.25, 0.3) is 11.4 Å². The molecule has 10 heteroatoms. The molecule has 2 heterocycles. The van der Waals surface area contributed by atoms with Crippen LogP contribution < -0.4 is 0 Å². The lowest BCUT2D eigenvalue weighted by atomic mass is 9.96. The SMILES string of the molecule is CCON=C1CN(C(=O)C(C)c2ccc(-c3noc(C(F)(F)F)n3)cc2)C1. The van der Waals surface area contributed by atoms with Crippen molar-refractivity contribution in [3.8, 4) is 11.4 Å². The number of carbonyl (C=O) groups excluding carboxylic acids is 1. The van der Waals surface area contributed by atoms with Gasteiger partial charge in [0.25, 0.3) is 0 Å². The Labute approximate surface area is 152 Å². The monoisotopic (exact) mass is 382 g/mol. The van der Waals surface area contributed by atoms with Gasteiger partial charge in [0.15, 0.2) is 0 Å². The predicted molar refractivity (Wildman–Crippen MR) is 88.8 cm³/mol. The first kappa shape index (κ1) is 18.9. The quantitative estimate of drug-likeness (QED) is 0.743. The number of amides is 1. The number of carbonyl (C=O) groups is 1. The fourth-order valence-electron chi connectivity index (χ4n) is 2.56. The highest BCUT2D eigenvalue weighted by Crippen LogP contribution is 2.30. The highest BCUT2D eigenvalue weighted by molar-refractivity contribution is 6.01. The first-order valence-corrected chi connectivity index (χ1v) is 8.27. The summed E-state index contributed by atoms with van der Waals surface area (Å²) in [7, 11) is 0. The van der Waals surface area contributed by atoms with Crippen molar-refractivity contribution >= 4 is 11.6 Å². The summed E-state index contributed by atoms with van der Waals surface area (Å²) in [5.41, 5.74) is 1.91. The molecule has 2 aromatic rings. The molecule has 1 fully saturated rings. The minimum Gasteiger partial charge on any atom is -0.396 e. The first-order valence-electron chi connectivity index (χ1n) is 8.27. The topological polar surface area (TPSA) is 80.8 Å². The predicted octanol–water partition coefficient (Wildman–Crippen LogP) is 3.09. The van der Waals surface area contributed by atoms with Crippen LogP contribution >= 0.6 is 0 Å². The van der Waals surface area contributed by atoms with E-state index in [0.717, 1.165) is 11.3 Å². The van der Waals surface area contributed by atoms with Gasteiger partial charge in [-0.25, -0.2) is 0 Å². The number of halogens is 3. The van der Waals surface area contributed by atoms with Crippen LogP contribution in [0.4, 0.5) is 13.2 Å². The van der Waals surface area contributed by atoms with E-state index < -0.39 is 18.0 Å². The minimum atomic E-state index is -4.69. The standard InChI is InChI=1S/C17H17F3N4O3/c1-3-26-22-13-8-24(9-13)15(25)10(2)11-4-6-12(7-5-11)14-21-16(27-23-14)17(18,19)20/h4-7,10H,3,8-9H2,1-2H3. The molecule has 1 unspecified atom stereocenters. The third-order valence-electron chi connectivity index (χ3n) is 4.09. The lowest BCUT2D eigenvalue weighted by Crippen LogP contribution is -2.52. The molecule has 27 heavy (non-hydrogen) atoms. The largest absolute Gasteiger partial charge is 0.471 e. The summed E-state index contributed by atoms with van der Waals surface area (Å²) in [5, 5.41) is 7.24. The van der Waals surface area contributed by atoms with Crippen LogP contribution in [0.5, 0.6) is 0 Å². The van der Waals surface area contributed by atoms with Crippen molar-refractivity contribution in [2.45, 2.75) is 25.9 Å². The molecule has 1 saturated heterocycles. The van der Waals surface area contributed by atoms with Crippen LogP contribution in [-0.4, -0.2) is 46.4 Å². The number of hydrogen-bond acceptors (Lipinski definition) is 6. The third-order valence-corrected chi connectivity index (χ3v) is 4.09. The number of rotatable bonds is 5. The Balaban J connectivity index is 1.65. The summed E-state index contributed by atoms with van der Waals surface area (Å²) >= 11 is 0. The molecule has 0 saturated carbocycles. The van der Waals surface area contributed by atoms with Crippen LogP contribution in [0.3, 0.4) is 0 Å². The van der Waals surface area contributed by atoms with Gasteiger partial charge in [-0.1, -0.05) is 34.6 Å². The zero-order chi connectivity index (χ0) is 19.6. The van der Waals surface area contributed by atoms with Gasteiger partial charge in [-0.15, -0.1) is 0 Å². The Hall–Kier alpha value is -2.91. The maximum absolute atomic E-state index is 12.5. The summed E-state index contributed by atoms with van der Waals surface area (Å²) < 4.78 is 41.8. The second-order valence-corrected chi connectivity index (χ2v) is 6.03. The van der Waals surface area contributed by atoms with E-state index in [4.69, 9.17) is 4.84 Å². The molecule has 144 valence electrons. The molecule has 1 atom stereocenters. The average Bonchev–Trinajstić information content (AvgIpc) is 3.10. The highest BCUT2D eigenvalue weighted by Gasteiger charge is 2.38. The van der Waals surface area contributed by atoms with Crippen LogP contribution in [0.2, 0.25) is 0 Å². The van der Waals surface area contributed by atoms with Gasteiger partial charge in [0.2, 0.25) is 11.7 Å². The van der Waals surface area contributed by atoms with E-state index in [0.29, 0.717) is 25.3 Å². The summed E-state index contributed by atoms with van der Waals surface area (Å²) in [4.78, 5) is 22.4. The number of nitrogens with zero attached hydrogens (tertiary/aromatic N) is 4. The molecule has 0 radical (unpaired) electrons. The fourth-order valence-corrected chi connectivity index (χ4v) is 2.56. The van der Waals surface area contributed by atoms with Gasteiger partial charge in [0, 0.05) is 5.56 Å². The molecule has 1 aromatic carbocycles. The smallest absolute Gasteiger partial charge is 0.396 e. The third kappa shape index (κ3) is 4.09. The van der Waals surface area contributed by atoms with Crippen LogP contribution in [0.1, 0.15) is 31.2 Å². The number of aromatic nitrogens is 2. The molecule has 0 spiro atoms. The molecule has 0 N–H and O–H groups in total. The Morgan fingerprint density at radius 3 is 2.56 bits per heavy atom. The normalized spacial score (nSPS) is 15.3. The van der Waals surface area contributed by atoms with Crippen molar-refractivity contribution in [1.82, 2.24) is 15.0 Å². The van der Waals surface area contributed by atoms with Gasteiger partial charge in [-0.3, -0.25) is 4.79 Å². The van der Waals surface area contributed by atoms with E-state index >= 15 is 0 Å². The molecule has 1 aliphatic heterocycles. The lowest BCUT2D eigenvalue weighted by Gasteiger charge is -2.34. The highest BCUT2D eigenvalue weighted by atomic mass is 19.4. The molecule has 0 aliphatic carbocycles. The van der Waals surface area contributed by atoms with E-state index in [9.17, 15) is 18.0 Å². The zero-order valence-electron chi connectivity index (χ0n) is 14.7. The Morgan fingerprint density at radius 2 is 2.00 bits per heavy atom. The van der Waals surface area contributed by atoms with Crippen molar-refractivity contribution in [1.29, 1.82) is 0 Å². The molecule has 1 aliphatic rings. The van der Waals surface area contributed by atoms with Crippen LogP contribution in [-0.2, 0) is 15.8 Å². The maximum atomic E-state index is 12.5. The first-order chi connectivity index (χ1) is 12.8. The average molecular weight is 382 g/mol. The van der Waals surface area contributed by atoms with Crippen molar-refractivity contribution in [2.24, 2.45) is 5.16 Å². The summed E-state index contributed by atoms with van der Waals surface area (Å²) in [5.74, 6) is -2.01. The Kier molecular flexibility index (Phi) is 5.15. The fraction of sp³-hybridized carbons (Fsp3) is 0.412. The number of oxime groups is 1. The van der Waals surface area contributed by atoms with E-state index in [1.165, 1.54) is 0 Å². The summed E-state index contributed by atoms with van der Waals surface area (Å²) in [6.45, 7) is 4.95. The molecule has 7 nitrogen and oxygen atoms in total. The lowest BCUT2D eigenvalue weighted by molar-refractivity contribution is -0.159. The summed E-state index contributed by atoms with van der Waals surface area (Å²) in [6, 6.07) is 6.44. The van der Waals surface area contributed by atoms with Gasteiger partial charge in [-0.2, -0.15) is 18.2 Å². The van der Waals surface area contributed by atoms with E-state index in [1.807, 2.05) is 6.92 Å². The van der Waals surface area contributed by atoms with Gasteiger partial charge >= 0.3 is 12.1 Å². The number of alkyl halides is 3. The minimum absolute atomic E-state index is 0.0582. The number of benzene rings is 1. The molecule has 1 amide bonds. The van der Waals surface area contributed by atoms with E-state index in [1.54, 1.807) is 36.1 Å². The van der Waals surface area contributed by atoms with Gasteiger partial charge in [0.05, 0.1) is 24.7 Å². The molecule has 3 rings (SSSR count). The van der Waals surface area contributed by atoms with E-state index in [-0.39, 0.29) is 11.7 Å². The molecule has 1 aromatic heterocycles. The Morgan fingerprint density at radius 1 is 1.33 bits per heavy atom. The van der Waals surface area contributed by atoms with Gasteiger partial charge < -0.3 is 14.3 Å². The number of hydrogen-bond donors (Lipinski definition) is 0. The molecule has 0 bridgehead atoms. The van der Waals surface area contributed by atoms with Crippen molar-refractivity contribution in [3.63, 3.8) is 0 Å². The van der Waals surface area contributed by atoms with Gasteiger partial charge in [0.1, 0.15) is 6.61 Å². The molecular weight excluding hydrogens is 365 g/mol. The Bertz CT molecular complexity index is 838. The summed E-state index contributed by atoms with van der Waals surface area (Å²) in [6.07, 6.45) is -4.69. The van der Waals surface area contributed by atoms with Crippen molar-refractivity contribution in [3.05, 3.63) is 35.7 Å². The van der Waals surface area contributed by atoms with E-state index in [2.05, 4.69) is 19.8 Å². The van der Waals surface area contributed by atoms with Crippen molar-refractivity contribution < 1.29 is 27.3 Å². The maximum Gasteiger partial charge on any atom is 0.471 e. The number of likely N-dealkylation sites (tertiary alicyclic amines) is 1.